The molecule has 21 heavy (non-hydrogen) atoms. The van der Waals surface area contributed by atoms with Crippen molar-refractivity contribution in [1.29, 1.82) is 0 Å². The number of ether oxygens (including phenoxy) is 1. The van der Waals surface area contributed by atoms with E-state index in [0.29, 0.717) is 0 Å². The zero-order valence-electron chi connectivity index (χ0n) is 12.2. The molecular weight excluding hydrogens is 262 g/mol. The van der Waals surface area contributed by atoms with E-state index in [1.807, 2.05) is 42.5 Å². The summed E-state index contributed by atoms with van der Waals surface area (Å²) in [6, 6.07) is 18.5. The van der Waals surface area contributed by atoms with E-state index in [1.165, 1.54) is 5.56 Å². The molecule has 0 aliphatic heterocycles. The predicted molar refractivity (Wildman–Crippen MR) is 84.8 cm³/mol. The summed E-state index contributed by atoms with van der Waals surface area (Å²) in [6.45, 7) is 0. The van der Waals surface area contributed by atoms with E-state index in [1.54, 1.807) is 7.11 Å². The second kappa shape index (κ2) is 6.19. The number of hydrogen-bond donors (Lipinski definition) is 2. The Balaban J connectivity index is 1.77. The van der Waals surface area contributed by atoms with Gasteiger partial charge in [0.25, 0.3) is 0 Å². The molecular formula is C18H21NO2. The topological polar surface area (TPSA) is 41.5 Å². The molecule has 0 aromatic heterocycles. The molecule has 3 rings (SSSR count). The van der Waals surface area contributed by atoms with Crippen LogP contribution in [0.4, 0.5) is 5.69 Å². The SMILES string of the molecule is COc1ccc(N[C@@H]2CC[C@H](O)[C@H]2c2ccccc2)cc1. The van der Waals surface area contributed by atoms with Gasteiger partial charge < -0.3 is 15.2 Å². The number of methoxy groups -OCH3 is 1. The predicted octanol–water partition coefficient (Wildman–Crippen LogP) is 3.41. The molecule has 1 saturated carbocycles. The van der Waals surface area contributed by atoms with Crippen molar-refractivity contribution in [2.75, 3.05) is 12.4 Å². The highest BCUT2D eigenvalue weighted by atomic mass is 16.5. The molecule has 2 aromatic carbocycles. The van der Waals surface area contributed by atoms with Crippen molar-refractivity contribution in [2.24, 2.45) is 0 Å². The summed E-state index contributed by atoms with van der Waals surface area (Å²) in [4.78, 5) is 0. The molecule has 0 unspecified atom stereocenters. The van der Waals surface area contributed by atoms with E-state index in [9.17, 15) is 5.11 Å². The van der Waals surface area contributed by atoms with Crippen LogP contribution in [0.3, 0.4) is 0 Å². The van der Waals surface area contributed by atoms with Gasteiger partial charge in [-0.05, 0) is 42.7 Å². The van der Waals surface area contributed by atoms with Crippen molar-refractivity contribution < 1.29 is 9.84 Å². The molecule has 0 spiro atoms. The van der Waals surface area contributed by atoms with Crippen LogP contribution in [0.1, 0.15) is 24.3 Å². The summed E-state index contributed by atoms with van der Waals surface area (Å²) >= 11 is 0. The number of anilines is 1. The van der Waals surface area contributed by atoms with Crippen molar-refractivity contribution in [1.82, 2.24) is 0 Å². The van der Waals surface area contributed by atoms with Crippen LogP contribution >= 0.6 is 0 Å². The number of aliphatic hydroxyl groups excluding tert-OH is 1. The van der Waals surface area contributed by atoms with Gasteiger partial charge in [-0.1, -0.05) is 30.3 Å². The van der Waals surface area contributed by atoms with Gasteiger partial charge in [-0.15, -0.1) is 0 Å². The third-order valence-corrected chi connectivity index (χ3v) is 4.25. The smallest absolute Gasteiger partial charge is 0.119 e. The van der Waals surface area contributed by atoms with Crippen molar-refractivity contribution >= 4 is 5.69 Å². The normalized spacial score (nSPS) is 24.8. The lowest BCUT2D eigenvalue weighted by Gasteiger charge is -2.24. The first-order valence-electron chi connectivity index (χ1n) is 7.41. The lowest BCUT2D eigenvalue weighted by molar-refractivity contribution is 0.162. The Morgan fingerprint density at radius 3 is 2.38 bits per heavy atom. The average Bonchev–Trinajstić information content (AvgIpc) is 2.89. The Bertz CT molecular complexity index is 568. The first-order chi connectivity index (χ1) is 10.3. The van der Waals surface area contributed by atoms with Crippen molar-refractivity contribution in [3.8, 4) is 5.75 Å². The van der Waals surface area contributed by atoms with Gasteiger partial charge in [-0.25, -0.2) is 0 Å². The standard InChI is InChI=1S/C18H21NO2/c1-21-15-9-7-14(8-10-15)19-16-11-12-17(20)18(16)13-5-3-2-4-6-13/h2-10,16-20H,11-12H2,1H3/t16-,17+,18+/m1/s1. The highest BCUT2D eigenvalue weighted by Gasteiger charge is 2.35. The number of aliphatic hydroxyl groups is 1. The van der Waals surface area contributed by atoms with Crippen LogP contribution in [0.2, 0.25) is 0 Å². The molecule has 1 fully saturated rings. The average molecular weight is 283 g/mol. The summed E-state index contributed by atoms with van der Waals surface area (Å²) in [5, 5.41) is 13.9. The van der Waals surface area contributed by atoms with Gasteiger partial charge in [0, 0.05) is 17.6 Å². The van der Waals surface area contributed by atoms with E-state index in [2.05, 4.69) is 17.4 Å². The molecule has 1 aliphatic rings. The minimum atomic E-state index is -0.275. The lowest BCUT2D eigenvalue weighted by Crippen LogP contribution is -2.27. The molecule has 1 aliphatic carbocycles. The molecule has 3 nitrogen and oxygen atoms in total. The van der Waals surface area contributed by atoms with Gasteiger partial charge >= 0.3 is 0 Å². The molecule has 3 atom stereocenters. The zero-order valence-corrected chi connectivity index (χ0v) is 12.2. The molecule has 0 bridgehead atoms. The van der Waals surface area contributed by atoms with Crippen molar-refractivity contribution in [3.05, 3.63) is 60.2 Å². The number of rotatable bonds is 4. The van der Waals surface area contributed by atoms with Crippen LogP contribution in [0.5, 0.6) is 5.75 Å². The van der Waals surface area contributed by atoms with E-state index in [4.69, 9.17) is 4.74 Å². The molecule has 0 amide bonds. The summed E-state index contributed by atoms with van der Waals surface area (Å²) < 4.78 is 5.18. The third-order valence-electron chi connectivity index (χ3n) is 4.25. The maximum atomic E-state index is 10.3. The van der Waals surface area contributed by atoms with Crippen molar-refractivity contribution in [2.45, 2.75) is 30.9 Å². The Kier molecular flexibility index (Phi) is 4.11. The lowest BCUT2D eigenvalue weighted by atomic mass is 9.92. The largest absolute Gasteiger partial charge is 0.497 e. The van der Waals surface area contributed by atoms with Crippen LogP contribution in [0, 0.1) is 0 Å². The van der Waals surface area contributed by atoms with Gasteiger partial charge in [0.1, 0.15) is 5.75 Å². The van der Waals surface area contributed by atoms with Crippen LogP contribution in [-0.4, -0.2) is 24.4 Å². The first kappa shape index (κ1) is 14.0. The maximum Gasteiger partial charge on any atom is 0.119 e. The third kappa shape index (κ3) is 3.03. The van der Waals surface area contributed by atoms with Crippen LogP contribution in [0.25, 0.3) is 0 Å². The van der Waals surface area contributed by atoms with E-state index in [0.717, 1.165) is 24.3 Å². The second-order valence-electron chi connectivity index (χ2n) is 5.56. The van der Waals surface area contributed by atoms with E-state index in [-0.39, 0.29) is 18.1 Å². The summed E-state index contributed by atoms with van der Waals surface area (Å²) in [5.41, 5.74) is 2.27. The van der Waals surface area contributed by atoms with Gasteiger partial charge in [0.05, 0.1) is 13.2 Å². The highest BCUT2D eigenvalue weighted by Crippen LogP contribution is 2.36. The summed E-state index contributed by atoms with van der Waals surface area (Å²) in [5.74, 6) is 1.000. The fourth-order valence-corrected chi connectivity index (χ4v) is 3.17. The van der Waals surface area contributed by atoms with E-state index >= 15 is 0 Å². The molecule has 0 radical (unpaired) electrons. The highest BCUT2D eigenvalue weighted by molar-refractivity contribution is 5.48. The molecule has 2 aromatic rings. The van der Waals surface area contributed by atoms with Crippen LogP contribution < -0.4 is 10.1 Å². The Morgan fingerprint density at radius 2 is 1.71 bits per heavy atom. The second-order valence-corrected chi connectivity index (χ2v) is 5.56. The van der Waals surface area contributed by atoms with Gasteiger partial charge in [-0.3, -0.25) is 0 Å². The Morgan fingerprint density at radius 1 is 1.00 bits per heavy atom. The van der Waals surface area contributed by atoms with E-state index < -0.39 is 0 Å². The minimum Gasteiger partial charge on any atom is -0.497 e. The minimum absolute atomic E-state index is 0.147. The van der Waals surface area contributed by atoms with Crippen LogP contribution in [-0.2, 0) is 0 Å². The quantitative estimate of drug-likeness (QED) is 0.903. The van der Waals surface area contributed by atoms with Gasteiger partial charge in [0.2, 0.25) is 0 Å². The number of nitrogens with one attached hydrogen (secondary N) is 1. The summed E-state index contributed by atoms with van der Waals surface area (Å²) in [6.07, 6.45) is 1.54. The fraction of sp³-hybridized carbons (Fsp3) is 0.333. The van der Waals surface area contributed by atoms with Crippen LogP contribution in [0.15, 0.2) is 54.6 Å². The van der Waals surface area contributed by atoms with Crippen molar-refractivity contribution in [3.63, 3.8) is 0 Å². The maximum absolute atomic E-state index is 10.3. The monoisotopic (exact) mass is 283 g/mol. The Hall–Kier alpha value is -2.00. The number of benzene rings is 2. The molecule has 2 N–H and O–H groups in total. The molecule has 0 saturated heterocycles. The van der Waals surface area contributed by atoms with Gasteiger partial charge in [0.15, 0.2) is 0 Å². The molecule has 0 heterocycles. The number of hydrogen-bond acceptors (Lipinski definition) is 3. The summed E-state index contributed by atoms with van der Waals surface area (Å²) in [7, 11) is 1.67. The first-order valence-corrected chi connectivity index (χ1v) is 7.41. The fourth-order valence-electron chi connectivity index (χ4n) is 3.17. The zero-order chi connectivity index (χ0) is 14.7. The Labute approximate surface area is 125 Å². The molecule has 3 heteroatoms. The van der Waals surface area contributed by atoms with Gasteiger partial charge in [-0.2, -0.15) is 0 Å². The molecule has 110 valence electrons.